The number of hydrazine groups is 1. The zero-order chi connectivity index (χ0) is 13.7. The van der Waals surface area contributed by atoms with E-state index in [4.69, 9.17) is 29.0 Å². The smallest absolute Gasteiger partial charge is 0.0595 e. The number of halogens is 2. The topological polar surface area (TPSA) is 38.0 Å². The molecule has 0 aliphatic rings. The molecule has 1 atom stereocenters. The molecule has 2 rings (SSSR count). The summed E-state index contributed by atoms with van der Waals surface area (Å²) < 4.78 is 0. The number of hydrogen-bond donors (Lipinski definition) is 2. The minimum Gasteiger partial charge on any atom is -0.271 e. The van der Waals surface area contributed by atoms with Crippen molar-refractivity contribution in [2.45, 2.75) is 25.3 Å². The van der Waals surface area contributed by atoms with Crippen LogP contribution in [0.3, 0.4) is 0 Å². The Morgan fingerprint density at radius 3 is 2.68 bits per heavy atom. The molecule has 0 amide bonds. The van der Waals surface area contributed by atoms with E-state index in [1.54, 1.807) is 11.3 Å². The Labute approximate surface area is 127 Å². The Hall–Kier alpha value is -0.580. The van der Waals surface area contributed by atoms with Crippen molar-refractivity contribution < 1.29 is 0 Å². The van der Waals surface area contributed by atoms with Crippen LogP contribution in [0.4, 0.5) is 0 Å². The molecule has 0 saturated carbocycles. The highest BCUT2D eigenvalue weighted by Crippen LogP contribution is 2.23. The summed E-state index contributed by atoms with van der Waals surface area (Å²) >= 11 is 13.7. The van der Waals surface area contributed by atoms with Crippen LogP contribution in [-0.4, -0.2) is 6.04 Å². The summed E-state index contributed by atoms with van der Waals surface area (Å²) in [7, 11) is 0. The number of aryl methyl sites for hydroxylation is 1. The van der Waals surface area contributed by atoms with Gasteiger partial charge in [-0.2, -0.15) is 0 Å². The molecule has 2 aromatic rings. The third-order valence-electron chi connectivity index (χ3n) is 3.02. The van der Waals surface area contributed by atoms with Gasteiger partial charge in [0.15, 0.2) is 0 Å². The van der Waals surface area contributed by atoms with Crippen molar-refractivity contribution in [1.82, 2.24) is 5.43 Å². The van der Waals surface area contributed by atoms with Gasteiger partial charge in [-0.15, -0.1) is 11.3 Å². The minimum atomic E-state index is 0.236. The lowest BCUT2D eigenvalue weighted by molar-refractivity contribution is 0.493. The van der Waals surface area contributed by atoms with E-state index in [0.717, 1.165) is 24.8 Å². The summed E-state index contributed by atoms with van der Waals surface area (Å²) in [6.45, 7) is 0. The highest BCUT2D eigenvalue weighted by molar-refractivity contribution is 7.09. The Kier molecular flexibility index (Phi) is 5.67. The van der Waals surface area contributed by atoms with Crippen LogP contribution in [0.1, 0.15) is 16.9 Å². The lowest BCUT2D eigenvalue weighted by atomic mass is 10.0. The minimum absolute atomic E-state index is 0.236. The number of thiophene rings is 1. The Bertz CT molecular complexity index is 514. The second kappa shape index (κ2) is 7.27. The van der Waals surface area contributed by atoms with Crippen LogP contribution in [0, 0.1) is 0 Å². The van der Waals surface area contributed by atoms with E-state index in [0.29, 0.717) is 10.0 Å². The van der Waals surface area contributed by atoms with Crippen molar-refractivity contribution in [3.05, 3.63) is 56.2 Å². The molecule has 3 N–H and O–H groups in total. The molecule has 5 heteroatoms. The zero-order valence-electron chi connectivity index (χ0n) is 10.4. The lowest BCUT2D eigenvalue weighted by Gasteiger charge is -2.15. The van der Waals surface area contributed by atoms with Crippen molar-refractivity contribution in [3.63, 3.8) is 0 Å². The predicted molar refractivity (Wildman–Crippen MR) is 83.9 cm³/mol. The van der Waals surface area contributed by atoms with Crippen LogP contribution in [0.2, 0.25) is 10.0 Å². The molecule has 0 saturated heterocycles. The number of nitrogens with two attached hydrogens (primary N) is 1. The van der Waals surface area contributed by atoms with Crippen molar-refractivity contribution in [1.29, 1.82) is 0 Å². The van der Waals surface area contributed by atoms with Gasteiger partial charge in [0.05, 0.1) is 10.0 Å². The SMILES string of the molecule is NNC(CCc1cccs1)Cc1ccc(Cl)c(Cl)c1. The van der Waals surface area contributed by atoms with Crippen LogP contribution >= 0.6 is 34.5 Å². The molecule has 0 radical (unpaired) electrons. The van der Waals surface area contributed by atoms with Gasteiger partial charge in [-0.3, -0.25) is 11.3 Å². The maximum Gasteiger partial charge on any atom is 0.0595 e. The summed E-state index contributed by atoms with van der Waals surface area (Å²) in [6.07, 6.45) is 2.88. The molecule has 0 fully saturated rings. The van der Waals surface area contributed by atoms with Crippen LogP contribution < -0.4 is 11.3 Å². The number of benzene rings is 1. The average molecular weight is 315 g/mol. The maximum atomic E-state index is 6.02. The highest BCUT2D eigenvalue weighted by atomic mass is 35.5. The van der Waals surface area contributed by atoms with Crippen molar-refractivity contribution >= 4 is 34.5 Å². The molecule has 0 aliphatic carbocycles. The van der Waals surface area contributed by atoms with Gasteiger partial charge in [0.25, 0.3) is 0 Å². The Balaban J connectivity index is 1.92. The molecule has 1 heterocycles. The lowest BCUT2D eigenvalue weighted by Crippen LogP contribution is -2.37. The van der Waals surface area contributed by atoms with Crippen LogP contribution in [0.25, 0.3) is 0 Å². The van der Waals surface area contributed by atoms with Crippen LogP contribution in [0.5, 0.6) is 0 Å². The van der Waals surface area contributed by atoms with Gasteiger partial charge in [0.2, 0.25) is 0 Å². The van der Waals surface area contributed by atoms with E-state index in [1.165, 1.54) is 4.88 Å². The van der Waals surface area contributed by atoms with Gasteiger partial charge in [-0.1, -0.05) is 35.3 Å². The van der Waals surface area contributed by atoms with Gasteiger partial charge in [-0.05, 0) is 48.4 Å². The number of hydrogen-bond acceptors (Lipinski definition) is 3. The van der Waals surface area contributed by atoms with Gasteiger partial charge < -0.3 is 0 Å². The van der Waals surface area contributed by atoms with Gasteiger partial charge in [0.1, 0.15) is 0 Å². The van der Waals surface area contributed by atoms with E-state index < -0.39 is 0 Å². The van der Waals surface area contributed by atoms with Crippen LogP contribution in [-0.2, 0) is 12.8 Å². The van der Waals surface area contributed by atoms with Gasteiger partial charge in [-0.25, -0.2) is 0 Å². The molecule has 102 valence electrons. The first-order valence-electron chi connectivity index (χ1n) is 6.11. The highest BCUT2D eigenvalue weighted by Gasteiger charge is 2.09. The average Bonchev–Trinajstić information content (AvgIpc) is 2.92. The molecule has 0 aliphatic heterocycles. The third-order valence-corrected chi connectivity index (χ3v) is 4.70. The molecule has 0 bridgehead atoms. The van der Waals surface area contributed by atoms with E-state index in [1.807, 2.05) is 18.2 Å². The van der Waals surface area contributed by atoms with Crippen molar-refractivity contribution in [2.75, 3.05) is 0 Å². The standard InChI is InChI=1S/C14H16Cl2N2S/c15-13-6-3-10(9-14(13)16)8-11(18-17)4-5-12-2-1-7-19-12/h1-3,6-7,9,11,18H,4-5,8,17H2. The summed E-state index contributed by atoms with van der Waals surface area (Å²) in [5, 5.41) is 3.27. The van der Waals surface area contributed by atoms with Crippen LogP contribution in [0.15, 0.2) is 35.7 Å². The molecular formula is C14H16Cl2N2S. The Morgan fingerprint density at radius 1 is 1.21 bits per heavy atom. The molecule has 1 aromatic heterocycles. The molecule has 2 nitrogen and oxygen atoms in total. The van der Waals surface area contributed by atoms with Crippen molar-refractivity contribution in [3.8, 4) is 0 Å². The number of nitrogens with one attached hydrogen (secondary N) is 1. The predicted octanol–water partition coefficient (Wildman–Crippen LogP) is 4.06. The van der Waals surface area contributed by atoms with Gasteiger partial charge >= 0.3 is 0 Å². The zero-order valence-corrected chi connectivity index (χ0v) is 12.7. The largest absolute Gasteiger partial charge is 0.271 e. The van der Waals surface area contributed by atoms with E-state index in [-0.39, 0.29) is 6.04 Å². The molecule has 19 heavy (non-hydrogen) atoms. The van der Waals surface area contributed by atoms with E-state index >= 15 is 0 Å². The van der Waals surface area contributed by atoms with Crippen molar-refractivity contribution in [2.24, 2.45) is 5.84 Å². The second-order valence-electron chi connectivity index (χ2n) is 4.43. The fraction of sp³-hybridized carbons (Fsp3) is 0.286. The summed E-state index contributed by atoms with van der Waals surface area (Å²) in [4.78, 5) is 1.38. The molecular weight excluding hydrogens is 299 g/mol. The molecule has 1 aromatic carbocycles. The first-order chi connectivity index (χ1) is 9.19. The van der Waals surface area contributed by atoms with E-state index in [2.05, 4.69) is 22.9 Å². The monoisotopic (exact) mass is 314 g/mol. The summed E-state index contributed by atoms with van der Waals surface area (Å²) in [5.74, 6) is 5.62. The summed E-state index contributed by atoms with van der Waals surface area (Å²) in [6, 6.07) is 10.2. The fourth-order valence-electron chi connectivity index (χ4n) is 1.97. The first kappa shape index (κ1) is 14.8. The van der Waals surface area contributed by atoms with Gasteiger partial charge in [0, 0.05) is 10.9 Å². The Morgan fingerprint density at radius 2 is 2.05 bits per heavy atom. The van der Waals surface area contributed by atoms with E-state index in [9.17, 15) is 0 Å². The quantitative estimate of drug-likeness (QED) is 0.623. The normalized spacial score (nSPS) is 12.6. The molecule has 0 spiro atoms. The molecule has 1 unspecified atom stereocenters. The first-order valence-corrected chi connectivity index (χ1v) is 7.75. The third kappa shape index (κ3) is 4.48. The summed E-state index contributed by atoms with van der Waals surface area (Å²) in [5.41, 5.74) is 4.02. The maximum absolute atomic E-state index is 6.02. The fourth-order valence-corrected chi connectivity index (χ4v) is 3.01. The second-order valence-corrected chi connectivity index (χ2v) is 6.28. The number of rotatable bonds is 6.